The van der Waals surface area contributed by atoms with Crippen LogP contribution in [0.4, 0.5) is 0 Å². The van der Waals surface area contributed by atoms with E-state index in [9.17, 15) is 0 Å². The van der Waals surface area contributed by atoms with E-state index >= 15 is 0 Å². The number of rotatable bonds is 6. The van der Waals surface area contributed by atoms with Gasteiger partial charge < -0.3 is 4.90 Å². The first-order valence-corrected chi connectivity index (χ1v) is 10.5. The summed E-state index contributed by atoms with van der Waals surface area (Å²) in [5.74, 6) is 1.36. The lowest BCUT2D eigenvalue weighted by molar-refractivity contribution is 0.391. The highest BCUT2D eigenvalue weighted by Gasteiger charge is 2.34. The fraction of sp³-hybridized carbons (Fsp3) is 0.500. The standard InChI is InChI=1S/C22H29N7/c1-5-7-10-16-19(24-15-18-22(3,4)12-14-28(18)6-2)21-26-25-20(29(21)27-16)17-11-8-9-13-23-17/h8-9,11,13,15H,5-7,10,12,14H2,1-4H3/b18-15?,24-19+. The highest BCUT2D eigenvalue weighted by molar-refractivity contribution is 6.49. The van der Waals surface area contributed by atoms with Gasteiger partial charge in [-0.3, -0.25) is 4.98 Å². The smallest absolute Gasteiger partial charge is 0.205 e. The topological polar surface area (TPSA) is 71.6 Å². The van der Waals surface area contributed by atoms with Crippen LogP contribution < -0.4 is 0 Å². The fourth-order valence-corrected chi connectivity index (χ4v) is 3.92. The molecule has 0 radical (unpaired) electrons. The van der Waals surface area contributed by atoms with Gasteiger partial charge in [-0.2, -0.15) is 9.78 Å². The summed E-state index contributed by atoms with van der Waals surface area (Å²) in [6.45, 7) is 11.0. The Hall–Kier alpha value is -2.83. The molecule has 0 aromatic carbocycles. The van der Waals surface area contributed by atoms with E-state index in [1.165, 1.54) is 5.70 Å². The van der Waals surface area contributed by atoms with Crippen LogP contribution in [-0.2, 0) is 0 Å². The number of aromatic nitrogens is 4. The molecule has 2 aromatic heterocycles. The van der Waals surface area contributed by atoms with E-state index in [-0.39, 0.29) is 5.41 Å². The Labute approximate surface area is 172 Å². The molecule has 4 rings (SSSR count). The van der Waals surface area contributed by atoms with Crippen molar-refractivity contribution in [3.63, 3.8) is 0 Å². The number of hydrogen-bond donors (Lipinski definition) is 0. The van der Waals surface area contributed by atoms with Crippen molar-refractivity contribution in [2.24, 2.45) is 15.5 Å². The van der Waals surface area contributed by atoms with E-state index in [0.717, 1.165) is 55.9 Å². The van der Waals surface area contributed by atoms with Crippen molar-refractivity contribution in [2.75, 3.05) is 13.1 Å². The molecule has 0 amide bonds. The van der Waals surface area contributed by atoms with Crippen LogP contribution in [0.5, 0.6) is 0 Å². The van der Waals surface area contributed by atoms with Crippen LogP contribution in [0.1, 0.15) is 59.2 Å². The van der Waals surface area contributed by atoms with Gasteiger partial charge in [-0.25, -0.2) is 4.99 Å². The average molecular weight is 392 g/mol. The second-order valence-corrected chi connectivity index (χ2v) is 8.23. The van der Waals surface area contributed by atoms with Gasteiger partial charge in [0.25, 0.3) is 0 Å². The number of likely N-dealkylation sites (tertiary alicyclic amines) is 1. The maximum absolute atomic E-state index is 4.92. The summed E-state index contributed by atoms with van der Waals surface area (Å²) in [5, 5.41) is 13.6. The highest BCUT2D eigenvalue weighted by atomic mass is 15.5. The molecule has 2 aliphatic rings. The molecule has 4 heterocycles. The van der Waals surface area contributed by atoms with E-state index in [1.54, 1.807) is 10.9 Å². The molecule has 0 aliphatic carbocycles. The molecule has 2 aromatic rings. The Morgan fingerprint density at radius 1 is 1.17 bits per heavy atom. The first-order chi connectivity index (χ1) is 14.0. The number of allylic oxidation sites excluding steroid dienone is 1. The fourth-order valence-electron chi connectivity index (χ4n) is 3.92. The van der Waals surface area contributed by atoms with E-state index < -0.39 is 0 Å². The number of aliphatic imine (C=N–C) groups is 1. The Balaban J connectivity index is 1.75. The molecule has 0 spiro atoms. The molecule has 7 nitrogen and oxygen atoms in total. The van der Waals surface area contributed by atoms with Gasteiger partial charge in [0, 0.05) is 36.6 Å². The van der Waals surface area contributed by atoms with Gasteiger partial charge in [-0.15, -0.1) is 10.2 Å². The molecule has 29 heavy (non-hydrogen) atoms. The number of fused-ring (bicyclic) bond motifs is 1. The van der Waals surface area contributed by atoms with Crippen molar-refractivity contribution >= 4 is 11.4 Å². The van der Waals surface area contributed by atoms with E-state index in [0.29, 0.717) is 11.6 Å². The molecule has 1 fully saturated rings. The van der Waals surface area contributed by atoms with Crippen molar-refractivity contribution in [3.05, 3.63) is 42.1 Å². The minimum absolute atomic E-state index is 0.131. The summed E-state index contributed by atoms with van der Waals surface area (Å²) >= 11 is 0. The third-order valence-electron chi connectivity index (χ3n) is 5.75. The van der Waals surface area contributed by atoms with E-state index in [2.05, 4.69) is 47.8 Å². The Morgan fingerprint density at radius 2 is 2.00 bits per heavy atom. The van der Waals surface area contributed by atoms with Crippen LogP contribution in [0.2, 0.25) is 0 Å². The van der Waals surface area contributed by atoms with E-state index in [1.807, 2.05) is 24.4 Å². The molecule has 1 saturated heterocycles. The van der Waals surface area contributed by atoms with Gasteiger partial charge in [-0.1, -0.05) is 33.3 Å². The number of nitrogens with zero attached hydrogens (tertiary/aromatic N) is 7. The Bertz CT molecular complexity index is 966. The number of hydrogen-bond acceptors (Lipinski definition) is 6. The van der Waals surface area contributed by atoms with Crippen molar-refractivity contribution in [2.45, 2.75) is 53.4 Å². The summed E-state index contributed by atoms with van der Waals surface area (Å²) in [5.41, 5.74) is 3.99. The van der Waals surface area contributed by atoms with Gasteiger partial charge >= 0.3 is 0 Å². The summed E-state index contributed by atoms with van der Waals surface area (Å²) in [4.78, 5) is 11.7. The zero-order valence-corrected chi connectivity index (χ0v) is 17.8. The second kappa shape index (κ2) is 7.89. The van der Waals surface area contributed by atoms with Gasteiger partial charge in [0.15, 0.2) is 0 Å². The van der Waals surface area contributed by atoms with Gasteiger partial charge in [0.2, 0.25) is 11.6 Å². The van der Waals surface area contributed by atoms with Crippen molar-refractivity contribution < 1.29 is 0 Å². The molecule has 0 saturated carbocycles. The molecule has 7 heteroatoms. The third-order valence-corrected chi connectivity index (χ3v) is 5.75. The molecule has 2 aliphatic heterocycles. The zero-order valence-electron chi connectivity index (χ0n) is 17.8. The Kier molecular flexibility index (Phi) is 5.30. The molecule has 152 valence electrons. The Morgan fingerprint density at radius 3 is 2.72 bits per heavy atom. The predicted molar refractivity (Wildman–Crippen MR) is 116 cm³/mol. The summed E-state index contributed by atoms with van der Waals surface area (Å²) < 4.78 is 1.79. The van der Waals surface area contributed by atoms with Crippen LogP contribution in [0.15, 0.2) is 46.4 Å². The average Bonchev–Trinajstić information content (AvgIpc) is 3.37. The van der Waals surface area contributed by atoms with Crippen LogP contribution in [0.3, 0.4) is 0 Å². The van der Waals surface area contributed by atoms with Crippen LogP contribution in [0.25, 0.3) is 11.5 Å². The lowest BCUT2D eigenvalue weighted by atomic mass is 9.89. The first kappa shape index (κ1) is 19.5. The normalized spacial score (nSPS) is 20.6. The molecular formula is C22H29N7. The quantitative estimate of drug-likeness (QED) is 0.742. The maximum atomic E-state index is 4.92. The number of pyridine rings is 1. The van der Waals surface area contributed by atoms with Crippen LogP contribution in [-0.4, -0.2) is 49.3 Å². The lowest BCUT2D eigenvalue weighted by Crippen LogP contribution is -2.21. The molecule has 0 unspecified atom stereocenters. The van der Waals surface area contributed by atoms with Gasteiger partial charge in [-0.05, 0) is 38.3 Å². The second-order valence-electron chi connectivity index (χ2n) is 8.23. The predicted octanol–water partition coefficient (Wildman–Crippen LogP) is 4.13. The number of unbranched alkanes of at least 4 members (excludes halogenated alkanes) is 1. The maximum Gasteiger partial charge on any atom is 0.205 e. The van der Waals surface area contributed by atoms with Crippen LogP contribution >= 0.6 is 0 Å². The molecule has 0 N–H and O–H groups in total. The monoisotopic (exact) mass is 391 g/mol. The SMILES string of the molecule is CCCCC1=Nn2c(nnc2-c2ccccn2)/C1=N/C=C1N(CC)CCC1(C)C. The van der Waals surface area contributed by atoms with E-state index in [4.69, 9.17) is 10.1 Å². The van der Waals surface area contributed by atoms with Gasteiger partial charge in [0.1, 0.15) is 11.4 Å². The minimum Gasteiger partial charge on any atom is -0.373 e. The summed E-state index contributed by atoms with van der Waals surface area (Å²) in [7, 11) is 0. The largest absolute Gasteiger partial charge is 0.373 e. The van der Waals surface area contributed by atoms with Crippen molar-refractivity contribution in [1.29, 1.82) is 0 Å². The van der Waals surface area contributed by atoms with Gasteiger partial charge in [0.05, 0.1) is 5.71 Å². The zero-order chi connectivity index (χ0) is 20.4. The minimum atomic E-state index is 0.131. The van der Waals surface area contributed by atoms with Crippen molar-refractivity contribution in [3.8, 4) is 11.5 Å². The van der Waals surface area contributed by atoms with Crippen LogP contribution in [0, 0.1) is 5.41 Å². The third kappa shape index (κ3) is 3.61. The molecule has 0 bridgehead atoms. The lowest BCUT2D eigenvalue weighted by Gasteiger charge is -2.24. The first-order valence-electron chi connectivity index (χ1n) is 10.5. The summed E-state index contributed by atoms with van der Waals surface area (Å²) in [6, 6.07) is 5.76. The van der Waals surface area contributed by atoms with Crippen molar-refractivity contribution in [1.82, 2.24) is 24.8 Å². The molecular weight excluding hydrogens is 362 g/mol. The highest BCUT2D eigenvalue weighted by Crippen LogP contribution is 2.39. The molecule has 0 atom stereocenters. The summed E-state index contributed by atoms with van der Waals surface area (Å²) in [6.07, 6.45) is 7.99.